The van der Waals surface area contributed by atoms with Gasteiger partial charge in [0.1, 0.15) is 11.4 Å². The number of aliphatic hydroxyl groups is 1. The lowest BCUT2D eigenvalue weighted by atomic mass is 9.84. The SMILES string of the molecule is CCC(O)(C1=CCCCCC1)c1ccc(F)cn1. The molecule has 0 saturated heterocycles. The molecule has 1 unspecified atom stereocenters. The summed E-state index contributed by atoms with van der Waals surface area (Å²) < 4.78 is 12.9. The minimum Gasteiger partial charge on any atom is -0.379 e. The Morgan fingerprint density at radius 2 is 2.17 bits per heavy atom. The lowest BCUT2D eigenvalue weighted by molar-refractivity contribution is 0.0632. The standard InChI is InChI=1S/C15H20FNO/c1-2-15(18,12-7-5-3-4-6-8-12)14-10-9-13(16)11-17-14/h7,9-11,18H,2-6,8H2,1H3. The highest BCUT2D eigenvalue weighted by atomic mass is 19.1. The summed E-state index contributed by atoms with van der Waals surface area (Å²) in [5, 5.41) is 10.9. The van der Waals surface area contributed by atoms with Crippen LogP contribution in [0.1, 0.15) is 51.1 Å². The molecule has 0 bridgehead atoms. The maximum absolute atomic E-state index is 12.9. The molecule has 1 aliphatic rings. The highest BCUT2D eigenvalue weighted by Gasteiger charge is 2.33. The Morgan fingerprint density at radius 1 is 1.33 bits per heavy atom. The van der Waals surface area contributed by atoms with Gasteiger partial charge in [-0.3, -0.25) is 4.98 Å². The van der Waals surface area contributed by atoms with Crippen molar-refractivity contribution in [1.82, 2.24) is 4.98 Å². The zero-order chi connectivity index (χ0) is 13.0. The number of hydrogen-bond donors (Lipinski definition) is 1. The minimum atomic E-state index is -1.03. The molecule has 2 nitrogen and oxygen atoms in total. The van der Waals surface area contributed by atoms with E-state index < -0.39 is 5.60 Å². The van der Waals surface area contributed by atoms with E-state index in [9.17, 15) is 9.50 Å². The summed E-state index contributed by atoms with van der Waals surface area (Å²) in [6.45, 7) is 1.94. The van der Waals surface area contributed by atoms with Crippen LogP contribution in [-0.4, -0.2) is 10.1 Å². The first kappa shape index (κ1) is 13.2. The fourth-order valence-corrected chi connectivity index (χ4v) is 2.58. The van der Waals surface area contributed by atoms with Crippen LogP contribution in [0, 0.1) is 5.82 Å². The van der Waals surface area contributed by atoms with E-state index in [1.165, 1.54) is 25.1 Å². The molecule has 0 aliphatic heterocycles. The molecule has 98 valence electrons. The Bertz CT molecular complexity index is 427. The Balaban J connectivity index is 2.34. The van der Waals surface area contributed by atoms with Gasteiger partial charge < -0.3 is 5.11 Å². The molecule has 2 rings (SSSR count). The zero-order valence-electron chi connectivity index (χ0n) is 10.8. The number of rotatable bonds is 3. The number of nitrogens with zero attached hydrogens (tertiary/aromatic N) is 1. The van der Waals surface area contributed by atoms with Gasteiger partial charge in [-0.25, -0.2) is 4.39 Å². The average molecular weight is 249 g/mol. The maximum atomic E-state index is 12.9. The highest BCUT2D eigenvalue weighted by molar-refractivity contribution is 5.28. The topological polar surface area (TPSA) is 33.1 Å². The molecular weight excluding hydrogens is 229 g/mol. The van der Waals surface area contributed by atoms with Crippen molar-refractivity contribution in [2.45, 2.75) is 51.0 Å². The van der Waals surface area contributed by atoms with E-state index in [4.69, 9.17) is 0 Å². The second-order valence-corrected chi connectivity index (χ2v) is 4.90. The molecule has 1 heterocycles. The van der Waals surface area contributed by atoms with E-state index in [1.807, 2.05) is 6.92 Å². The third-order valence-electron chi connectivity index (χ3n) is 3.73. The summed E-state index contributed by atoms with van der Waals surface area (Å²) in [5.74, 6) is -0.368. The van der Waals surface area contributed by atoms with Crippen molar-refractivity contribution in [3.63, 3.8) is 0 Å². The van der Waals surface area contributed by atoms with Crippen LogP contribution in [0.3, 0.4) is 0 Å². The first-order valence-electron chi connectivity index (χ1n) is 6.70. The Hall–Kier alpha value is -1.22. The van der Waals surface area contributed by atoms with Gasteiger partial charge >= 0.3 is 0 Å². The van der Waals surface area contributed by atoms with Crippen LogP contribution in [0.15, 0.2) is 30.0 Å². The molecule has 1 atom stereocenters. The summed E-state index contributed by atoms with van der Waals surface area (Å²) in [4.78, 5) is 4.06. The van der Waals surface area contributed by atoms with Crippen LogP contribution >= 0.6 is 0 Å². The molecule has 0 radical (unpaired) electrons. The normalized spacial score (nSPS) is 19.8. The minimum absolute atomic E-state index is 0.368. The Morgan fingerprint density at radius 3 is 2.83 bits per heavy atom. The molecule has 0 fully saturated rings. The summed E-state index contributed by atoms with van der Waals surface area (Å²) >= 11 is 0. The molecule has 18 heavy (non-hydrogen) atoms. The predicted octanol–water partition coefficient (Wildman–Crippen LogP) is 3.71. The van der Waals surface area contributed by atoms with Crippen LogP contribution in [0.25, 0.3) is 0 Å². The lowest BCUT2D eigenvalue weighted by Crippen LogP contribution is -2.28. The van der Waals surface area contributed by atoms with Crippen LogP contribution in [0.5, 0.6) is 0 Å². The lowest BCUT2D eigenvalue weighted by Gasteiger charge is -2.29. The number of allylic oxidation sites excluding steroid dienone is 1. The zero-order valence-corrected chi connectivity index (χ0v) is 10.8. The molecule has 1 aromatic rings. The first-order valence-corrected chi connectivity index (χ1v) is 6.70. The van der Waals surface area contributed by atoms with Gasteiger partial charge in [0.05, 0.1) is 11.9 Å². The van der Waals surface area contributed by atoms with Crippen LogP contribution in [0.4, 0.5) is 4.39 Å². The predicted molar refractivity (Wildman–Crippen MR) is 69.6 cm³/mol. The van der Waals surface area contributed by atoms with E-state index in [2.05, 4.69) is 11.1 Å². The summed E-state index contributed by atoms with van der Waals surface area (Å²) in [6.07, 6.45) is 9.29. The van der Waals surface area contributed by atoms with Gasteiger partial charge in [-0.2, -0.15) is 0 Å². The van der Waals surface area contributed by atoms with Crippen molar-refractivity contribution < 1.29 is 9.50 Å². The van der Waals surface area contributed by atoms with E-state index in [0.29, 0.717) is 12.1 Å². The van der Waals surface area contributed by atoms with Gasteiger partial charge in [-0.05, 0) is 49.8 Å². The van der Waals surface area contributed by atoms with Crippen molar-refractivity contribution in [3.8, 4) is 0 Å². The third-order valence-corrected chi connectivity index (χ3v) is 3.73. The number of halogens is 1. The van der Waals surface area contributed by atoms with E-state index in [1.54, 1.807) is 6.07 Å². The summed E-state index contributed by atoms with van der Waals surface area (Å²) in [6, 6.07) is 2.95. The molecular formula is C15H20FNO. The first-order chi connectivity index (χ1) is 8.66. The molecule has 0 amide bonds. The molecule has 0 aromatic carbocycles. The quantitative estimate of drug-likeness (QED) is 0.828. The van der Waals surface area contributed by atoms with Crippen LogP contribution in [-0.2, 0) is 5.60 Å². The molecule has 1 N–H and O–H groups in total. The fraction of sp³-hybridized carbons (Fsp3) is 0.533. The van der Waals surface area contributed by atoms with Gasteiger partial charge in [0.2, 0.25) is 0 Å². The van der Waals surface area contributed by atoms with Crippen molar-refractivity contribution in [2.75, 3.05) is 0 Å². The van der Waals surface area contributed by atoms with E-state index in [0.717, 1.165) is 24.8 Å². The van der Waals surface area contributed by atoms with Crippen molar-refractivity contribution in [3.05, 3.63) is 41.5 Å². The van der Waals surface area contributed by atoms with Gasteiger partial charge in [-0.1, -0.05) is 19.4 Å². The van der Waals surface area contributed by atoms with Crippen molar-refractivity contribution >= 4 is 0 Å². The largest absolute Gasteiger partial charge is 0.379 e. The molecule has 0 saturated carbocycles. The second-order valence-electron chi connectivity index (χ2n) is 4.90. The smallest absolute Gasteiger partial charge is 0.141 e. The van der Waals surface area contributed by atoms with Crippen LogP contribution in [0.2, 0.25) is 0 Å². The average Bonchev–Trinajstić information content (AvgIpc) is 2.68. The number of pyridine rings is 1. The Kier molecular flexibility index (Phi) is 4.12. The maximum Gasteiger partial charge on any atom is 0.141 e. The van der Waals surface area contributed by atoms with Crippen molar-refractivity contribution in [2.24, 2.45) is 0 Å². The third kappa shape index (κ3) is 2.61. The number of aromatic nitrogens is 1. The summed E-state index contributed by atoms with van der Waals surface area (Å²) in [7, 11) is 0. The Labute approximate surface area is 108 Å². The number of hydrogen-bond acceptors (Lipinski definition) is 2. The van der Waals surface area contributed by atoms with E-state index in [-0.39, 0.29) is 5.82 Å². The van der Waals surface area contributed by atoms with Crippen LogP contribution < -0.4 is 0 Å². The summed E-state index contributed by atoms with van der Waals surface area (Å²) in [5.41, 5.74) is 0.569. The van der Waals surface area contributed by atoms with E-state index >= 15 is 0 Å². The molecule has 0 spiro atoms. The molecule has 1 aliphatic carbocycles. The molecule has 1 aromatic heterocycles. The monoisotopic (exact) mass is 249 g/mol. The van der Waals surface area contributed by atoms with Gasteiger partial charge in [0, 0.05) is 0 Å². The van der Waals surface area contributed by atoms with Gasteiger partial charge in [0.25, 0.3) is 0 Å². The van der Waals surface area contributed by atoms with Crippen molar-refractivity contribution in [1.29, 1.82) is 0 Å². The highest BCUT2D eigenvalue weighted by Crippen LogP contribution is 2.36. The fourth-order valence-electron chi connectivity index (χ4n) is 2.58. The second kappa shape index (κ2) is 5.61. The van der Waals surface area contributed by atoms with Gasteiger partial charge in [0.15, 0.2) is 0 Å². The molecule has 3 heteroatoms. The van der Waals surface area contributed by atoms with Gasteiger partial charge in [-0.15, -0.1) is 0 Å².